The van der Waals surface area contributed by atoms with E-state index in [1.165, 1.54) is 12.1 Å². The van der Waals surface area contributed by atoms with Gasteiger partial charge in [0.05, 0.1) is 5.41 Å². The van der Waals surface area contributed by atoms with Crippen LogP contribution in [0.5, 0.6) is 0 Å². The number of rotatable bonds is 3. The number of hydrogen-bond acceptors (Lipinski definition) is 2. The van der Waals surface area contributed by atoms with Gasteiger partial charge in [0.25, 0.3) is 0 Å². The third-order valence-electron chi connectivity index (χ3n) is 4.03. The fourth-order valence-electron chi connectivity index (χ4n) is 2.31. The van der Waals surface area contributed by atoms with Crippen LogP contribution in [0.2, 0.25) is 0 Å². The predicted octanol–water partition coefficient (Wildman–Crippen LogP) is 2.22. The van der Waals surface area contributed by atoms with E-state index < -0.39 is 11.4 Å². The van der Waals surface area contributed by atoms with E-state index in [1.54, 1.807) is 24.0 Å². The topological polar surface area (TPSA) is 69.6 Å². The number of carboxylic acids is 1. The molecular weight excluding hydrogens is 275 g/mol. The molecule has 1 heterocycles. The number of benzene rings is 1. The largest absolute Gasteiger partial charge is 0.481 e. The summed E-state index contributed by atoms with van der Waals surface area (Å²) in [5.74, 6) is -1.12. The molecule has 0 aliphatic carbocycles. The van der Waals surface area contributed by atoms with Gasteiger partial charge in [-0.1, -0.05) is 12.1 Å². The van der Waals surface area contributed by atoms with Crippen LogP contribution >= 0.6 is 0 Å². The Morgan fingerprint density at radius 2 is 1.86 bits per heavy atom. The van der Waals surface area contributed by atoms with Crippen molar-refractivity contribution in [1.29, 1.82) is 0 Å². The lowest BCUT2D eigenvalue weighted by atomic mass is 9.80. The smallest absolute Gasteiger partial charge is 0.317 e. The van der Waals surface area contributed by atoms with Crippen molar-refractivity contribution in [3.05, 3.63) is 35.6 Å². The summed E-state index contributed by atoms with van der Waals surface area (Å²) >= 11 is 0. The average Bonchev–Trinajstić information content (AvgIpc) is 2.47. The van der Waals surface area contributed by atoms with E-state index in [2.05, 4.69) is 5.32 Å². The molecule has 114 valence electrons. The molecule has 0 aromatic heterocycles. The zero-order chi connectivity index (χ0) is 15.5. The second-order valence-electron chi connectivity index (χ2n) is 5.64. The van der Waals surface area contributed by atoms with Crippen molar-refractivity contribution in [2.45, 2.75) is 26.3 Å². The second kappa shape index (κ2) is 6.11. The molecule has 0 bridgehead atoms. The summed E-state index contributed by atoms with van der Waals surface area (Å²) in [6.07, 6.45) is 0.901. The number of carboxylic acid groups (broad SMARTS) is 1. The van der Waals surface area contributed by atoms with Crippen molar-refractivity contribution >= 4 is 12.0 Å². The van der Waals surface area contributed by atoms with Gasteiger partial charge in [-0.3, -0.25) is 4.79 Å². The Kier molecular flexibility index (Phi) is 4.45. The summed E-state index contributed by atoms with van der Waals surface area (Å²) in [5.41, 5.74) is 0.0745. The number of amides is 2. The predicted molar refractivity (Wildman–Crippen MR) is 75.2 cm³/mol. The van der Waals surface area contributed by atoms with Crippen molar-refractivity contribution < 1.29 is 19.1 Å². The maximum atomic E-state index is 12.8. The van der Waals surface area contributed by atoms with Gasteiger partial charge in [-0.25, -0.2) is 9.18 Å². The van der Waals surface area contributed by atoms with Crippen molar-refractivity contribution in [3.8, 4) is 0 Å². The molecule has 21 heavy (non-hydrogen) atoms. The van der Waals surface area contributed by atoms with Gasteiger partial charge in [-0.2, -0.15) is 0 Å². The summed E-state index contributed by atoms with van der Waals surface area (Å²) in [5, 5.41) is 11.9. The Bertz CT molecular complexity index is 522. The molecule has 1 aromatic rings. The van der Waals surface area contributed by atoms with Crippen molar-refractivity contribution in [1.82, 2.24) is 10.2 Å². The number of halogens is 1. The Balaban J connectivity index is 1.82. The second-order valence-corrected chi connectivity index (χ2v) is 5.64. The normalized spacial score (nSPS) is 17.3. The standard InChI is InChI=1S/C15H19FN2O3/c1-15(13(19)20)6-8-18(9-7-15)14(21)17-10-11-2-4-12(16)5-3-11/h2-5H,6-10H2,1H3,(H,17,21)(H,19,20). The summed E-state index contributed by atoms with van der Waals surface area (Å²) in [6, 6.07) is 5.72. The molecule has 2 rings (SSSR count). The van der Waals surface area contributed by atoms with Crippen LogP contribution in [0.1, 0.15) is 25.3 Å². The number of carbonyl (C=O) groups excluding carboxylic acids is 1. The fourth-order valence-corrected chi connectivity index (χ4v) is 2.31. The number of likely N-dealkylation sites (tertiary alicyclic amines) is 1. The molecule has 0 atom stereocenters. The molecule has 1 aromatic carbocycles. The van der Waals surface area contributed by atoms with E-state index in [0.717, 1.165) is 5.56 Å². The highest BCUT2D eigenvalue weighted by molar-refractivity contribution is 5.77. The average molecular weight is 294 g/mol. The van der Waals surface area contributed by atoms with E-state index in [1.807, 2.05) is 0 Å². The maximum absolute atomic E-state index is 12.8. The number of urea groups is 1. The molecule has 2 N–H and O–H groups in total. The van der Waals surface area contributed by atoms with Crippen LogP contribution < -0.4 is 5.32 Å². The van der Waals surface area contributed by atoms with Crippen LogP contribution in [0, 0.1) is 11.2 Å². The van der Waals surface area contributed by atoms with Gasteiger partial charge in [-0.05, 0) is 37.5 Å². The summed E-state index contributed by atoms with van der Waals surface area (Å²) in [7, 11) is 0. The minimum absolute atomic E-state index is 0.216. The third-order valence-corrected chi connectivity index (χ3v) is 4.03. The van der Waals surface area contributed by atoms with E-state index in [9.17, 15) is 14.0 Å². The minimum atomic E-state index is -0.811. The highest BCUT2D eigenvalue weighted by Gasteiger charge is 2.37. The Morgan fingerprint density at radius 1 is 1.29 bits per heavy atom. The lowest BCUT2D eigenvalue weighted by molar-refractivity contribution is -0.150. The Morgan fingerprint density at radius 3 is 2.38 bits per heavy atom. The molecule has 0 spiro atoms. The Hall–Kier alpha value is -2.11. The summed E-state index contributed by atoms with van der Waals surface area (Å²) in [4.78, 5) is 24.8. The van der Waals surface area contributed by atoms with Gasteiger partial charge in [0, 0.05) is 19.6 Å². The maximum Gasteiger partial charge on any atom is 0.317 e. The molecule has 1 aliphatic heterocycles. The number of hydrogen-bond donors (Lipinski definition) is 2. The first-order valence-electron chi connectivity index (χ1n) is 6.91. The molecule has 6 heteroatoms. The molecule has 2 amide bonds. The van der Waals surface area contributed by atoms with Crippen LogP contribution in [-0.2, 0) is 11.3 Å². The lowest BCUT2D eigenvalue weighted by Crippen LogP contribution is -2.48. The highest BCUT2D eigenvalue weighted by atomic mass is 19.1. The monoisotopic (exact) mass is 294 g/mol. The van der Waals surface area contributed by atoms with E-state index in [0.29, 0.717) is 32.5 Å². The molecule has 1 fully saturated rings. The van der Waals surface area contributed by atoms with E-state index in [-0.39, 0.29) is 11.8 Å². The zero-order valence-electron chi connectivity index (χ0n) is 11.9. The SMILES string of the molecule is CC1(C(=O)O)CCN(C(=O)NCc2ccc(F)cc2)CC1. The highest BCUT2D eigenvalue weighted by Crippen LogP contribution is 2.30. The number of nitrogens with zero attached hydrogens (tertiary/aromatic N) is 1. The molecule has 5 nitrogen and oxygen atoms in total. The molecular formula is C15H19FN2O3. The van der Waals surface area contributed by atoms with Gasteiger partial charge in [0.15, 0.2) is 0 Å². The zero-order valence-corrected chi connectivity index (χ0v) is 11.9. The van der Waals surface area contributed by atoms with Crippen molar-refractivity contribution in [3.63, 3.8) is 0 Å². The first-order valence-corrected chi connectivity index (χ1v) is 6.91. The lowest BCUT2D eigenvalue weighted by Gasteiger charge is -2.36. The van der Waals surface area contributed by atoms with E-state index >= 15 is 0 Å². The minimum Gasteiger partial charge on any atom is -0.481 e. The third kappa shape index (κ3) is 3.71. The molecule has 1 saturated heterocycles. The van der Waals surface area contributed by atoms with E-state index in [4.69, 9.17) is 5.11 Å². The van der Waals surface area contributed by atoms with Crippen LogP contribution in [0.25, 0.3) is 0 Å². The van der Waals surface area contributed by atoms with Crippen LogP contribution in [0.15, 0.2) is 24.3 Å². The van der Waals surface area contributed by atoms with Crippen LogP contribution in [-0.4, -0.2) is 35.1 Å². The fraction of sp³-hybridized carbons (Fsp3) is 0.467. The Labute approximate surface area is 122 Å². The molecule has 0 radical (unpaired) electrons. The number of piperidine rings is 1. The van der Waals surface area contributed by atoms with Gasteiger partial charge >= 0.3 is 12.0 Å². The molecule has 1 aliphatic rings. The number of carbonyl (C=O) groups is 2. The van der Waals surface area contributed by atoms with Crippen LogP contribution in [0.4, 0.5) is 9.18 Å². The molecule has 0 saturated carbocycles. The van der Waals surface area contributed by atoms with Gasteiger partial charge in [0.1, 0.15) is 5.82 Å². The number of aliphatic carboxylic acids is 1. The van der Waals surface area contributed by atoms with Crippen molar-refractivity contribution in [2.75, 3.05) is 13.1 Å². The first kappa shape index (κ1) is 15.3. The summed E-state index contributed by atoms with van der Waals surface area (Å²) < 4.78 is 12.8. The first-order chi connectivity index (χ1) is 9.90. The number of nitrogens with one attached hydrogen (secondary N) is 1. The van der Waals surface area contributed by atoms with Gasteiger partial charge in [0.2, 0.25) is 0 Å². The van der Waals surface area contributed by atoms with Gasteiger partial charge in [-0.15, -0.1) is 0 Å². The summed E-state index contributed by atoms with van der Waals surface area (Å²) in [6.45, 7) is 2.89. The molecule has 0 unspecified atom stereocenters. The van der Waals surface area contributed by atoms with Crippen molar-refractivity contribution in [2.24, 2.45) is 5.41 Å². The van der Waals surface area contributed by atoms with Gasteiger partial charge < -0.3 is 15.3 Å². The van der Waals surface area contributed by atoms with Crippen LogP contribution in [0.3, 0.4) is 0 Å². The quantitative estimate of drug-likeness (QED) is 0.898.